The molecule has 3 fully saturated rings. The fourth-order valence-electron chi connectivity index (χ4n) is 12.4. The molecule has 9 rings (SSSR count). The standard InChI is InChI=1S/C64H75N9O18S2/c1-4-32(2)51-57(83)72-52(33(3)74)58(84)68-44(29-49(65)78)55(81)69-45(31-92-93-63(22-6-5-7-23-63)30-50(79)70-53(59(85)71-51)34-12-15-36(75)16-13-34)60(86)73-25-9-11-46(73)56(82)67-43(61(87)88)10-8-24-66-54(80)35-14-19-39-42(26-35)64(91-62(39)89)40-20-17-37(76)27-47(40)90-48-28-38(77)18-21-41(48)64/h12-21,26-28,32-33,43-46,51-53,74-77H,4-11,22-25,29-31H2,1-3H3,(H2,65,78)(H,66,80)(H,67,82)(H,68,84)(H,69,81)(H,70,79)(H,71,85)(H,72,83)(H,87,88)/t32-,33?,43+,44-,45-,46-,51-,52-,53+/m1/s1. The van der Waals surface area contributed by atoms with E-state index in [-0.39, 0.29) is 102 Å². The molecule has 4 heterocycles. The highest BCUT2D eigenvalue weighted by Gasteiger charge is 2.54. The van der Waals surface area contributed by atoms with Crippen molar-refractivity contribution in [2.45, 2.75) is 157 Å². The lowest BCUT2D eigenvalue weighted by atomic mass is 9.77. The van der Waals surface area contributed by atoms with Gasteiger partial charge in [0.1, 0.15) is 71.0 Å². The van der Waals surface area contributed by atoms with Crippen LogP contribution in [0.15, 0.2) is 78.9 Å². The Hall–Kier alpha value is -9.09. The van der Waals surface area contributed by atoms with E-state index in [1.165, 1.54) is 101 Å². The molecule has 496 valence electrons. The molecule has 9 atom stereocenters. The minimum Gasteiger partial charge on any atom is -0.508 e. The number of carbonyl (C=O) groups excluding carboxylic acids is 10. The molecule has 29 heteroatoms. The lowest BCUT2D eigenvalue weighted by Gasteiger charge is -2.37. The van der Waals surface area contributed by atoms with Crippen LogP contribution in [0.5, 0.6) is 28.7 Å². The number of nitrogens with two attached hydrogens (primary N) is 1. The number of nitrogens with one attached hydrogen (secondary N) is 7. The number of aromatic hydroxyl groups is 3. The van der Waals surface area contributed by atoms with Crippen LogP contribution in [0.2, 0.25) is 0 Å². The fraction of sp³-hybridized carbons (Fsp3) is 0.453. The van der Waals surface area contributed by atoms with Crippen molar-refractivity contribution < 1.29 is 87.7 Å². The molecule has 1 saturated carbocycles. The van der Waals surface area contributed by atoms with Crippen LogP contribution in [0, 0.1) is 5.92 Å². The Labute approximate surface area is 542 Å². The Morgan fingerprint density at radius 2 is 1.40 bits per heavy atom. The molecule has 27 nitrogen and oxygen atoms in total. The van der Waals surface area contributed by atoms with Crippen LogP contribution < -0.4 is 47.7 Å². The van der Waals surface area contributed by atoms with Gasteiger partial charge >= 0.3 is 11.9 Å². The molecule has 14 N–H and O–H groups in total. The molecule has 2 saturated heterocycles. The zero-order valence-corrected chi connectivity index (χ0v) is 52.8. The first kappa shape index (κ1) is 68.3. The van der Waals surface area contributed by atoms with Gasteiger partial charge in [0.25, 0.3) is 5.91 Å². The quantitative estimate of drug-likeness (QED) is 0.0462. The van der Waals surface area contributed by atoms with Crippen molar-refractivity contribution in [3.8, 4) is 28.7 Å². The number of rotatable bonds is 15. The van der Waals surface area contributed by atoms with Crippen LogP contribution in [-0.2, 0) is 53.5 Å². The van der Waals surface area contributed by atoms with Gasteiger partial charge in [0.05, 0.1) is 18.1 Å². The number of phenolic OH excluding ortho intramolecular Hbond substituents is 3. The van der Waals surface area contributed by atoms with Gasteiger partial charge < -0.3 is 82.9 Å². The minimum absolute atomic E-state index is 0.0181. The maximum Gasteiger partial charge on any atom is 0.340 e. The van der Waals surface area contributed by atoms with E-state index in [0.29, 0.717) is 43.2 Å². The van der Waals surface area contributed by atoms with Gasteiger partial charge in [-0.15, -0.1) is 0 Å². The van der Waals surface area contributed by atoms with Gasteiger partial charge in [0.15, 0.2) is 5.60 Å². The van der Waals surface area contributed by atoms with Crippen molar-refractivity contribution in [2.24, 2.45) is 11.7 Å². The number of hydrogen-bond donors (Lipinski definition) is 13. The Bertz CT molecular complexity index is 3530. The zero-order chi connectivity index (χ0) is 67.1. The van der Waals surface area contributed by atoms with Crippen molar-refractivity contribution in [2.75, 3.05) is 18.8 Å². The maximum absolute atomic E-state index is 15.0. The number of nitrogens with zero attached hydrogens (tertiary/aromatic N) is 1. The smallest absolute Gasteiger partial charge is 0.340 e. The Morgan fingerprint density at radius 1 is 0.753 bits per heavy atom. The summed E-state index contributed by atoms with van der Waals surface area (Å²) in [6.45, 7) is 4.47. The summed E-state index contributed by atoms with van der Waals surface area (Å²) >= 11 is 0. The van der Waals surface area contributed by atoms with Crippen LogP contribution in [0.3, 0.4) is 0 Å². The number of likely N-dealkylation sites (tertiary alicyclic amines) is 1. The molecule has 1 aliphatic carbocycles. The van der Waals surface area contributed by atoms with E-state index in [9.17, 15) is 73.5 Å². The van der Waals surface area contributed by atoms with Crippen molar-refractivity contribution in [1.29, 1.82) is 0 Å². The number of primary amides is 1. The van der Waals surface area contributed by atoms with E-state index in [1.807, 2.05) is 0 Å². The number of hydrogen-bond acceptors (Lipinski definition) is 19. The van der Waals surface area contributed by atoms with Gasteiger partial charge in [-0.2, -0.15) is 0 Å². The monoisotopic (exact) mass is 1320 g/mol. The van der Waals surface area contributed by atoms with Crippen molar-refractivity contribution >= 4 is 86.7 Å². The number of carboxylic acid groups (broad SMARTS) is 1. The third-order valence-corrected chi connectivity index (χ3v) is 20.8. The molecule has 0 aromatic heterocycles. The molecule has 4 aromatic rings. The number of carboxylic acids is 1. The number of benzene rings is 4. The summed E-state index contributed by atoms with van der Waals surface area (Å²) < 4.78 is 11.3. The van der Waals surface area contributed by atoms with E-state index in [4.69, 9.17) is 15.2 Å². The topological polar surface area (TPSA) is 421 Å². The molecule has 93 heavy (non-hydrogen) atoms. The summed E-state index contributed by atoms with van der Waals surface area (Å²) in [6.07, 6.45) is 1.22. The van der Waals surface area contributed by atoms with Gasteiger partial charge in [-0.05, 0) is 112 Å². The second-order valence-corrected chi connectivity index (χ2v) is 26.9. The van der Waals surface area contributed by atoms with Crippen LogP contribution in [-0.4, -0.2) is 161 Å². The molecule has 1 unspecified atom stereocenters. The largest absolute Gasteiger partial charge is 0.508 e. The first-order valence-corrected chi connectivity index (χ1v) is 33.0. The van der Waals surface area contributed by atoms with Gasteiger partial charge in [0.2, 0.25) is 47.3 Å². The Morgan fingerprint density at radius 3 is 2.03 bits per heavy atom. The number of aliphatic hydroxyl groups is 1. The minimum atomic E-state index is -1.81. The maximum atomic E-state index is 15.0. The van der Waals surface area contributed by atoms with Crippen LogP contribution >= 0.6 is 21.6 Å². The van der Waals surface area contributed by atoms with Crippen molar-refractivity contribution in [1.82, 2.24) is 42.1 Å². The average molecular weight is 1320 g/mol. The van der Waals surface area contributed by atoms with E-state index in [0.717, 1.165) is 17.2 Å². The SMILES string of the molecule is CC[C@@H](C)[C@H]1NC(=O)[C@H](c2ccc(O)cc2)NC(=O)CC2(CCCCC2)SSC[C@H](C(=O)N2CCC[C@@H]2C(=O)N[C@@H](CCCNC(=O)c2ccc3c(c2)C2(OC3=O)c3ccc(O)cc3Oc3cc(O)ccc32)C(=O)O)NC(=O)[C@@H](CC(N)=O)NC(=O)[C@@H](C(C)O)NC1=O. The molecular weight excluding hydrogens is 1250 g/mol. The first-order valence-electron chi connectivity index (χ1n) is 30.7. The van der Waals surface area contributed by atoms with Crippen molar-refractivity contribution in [3.05, 3.63) is 112 Å². The van der Waals surface area contributed by atoms with E-state index in [1.54, 1.807) is 13.8 Å². The number of aliphatic carboxylic acids is 1. The molecule has 2 spiro atoms. The second kappa shape index (κ2) is 29.2. The van der Waals surface area contributed by atoms with Crippen molar-refractivity contribution in [3.63, 3.8) is 0 Å². The summed E-state index contributed by atoms with van der Waals surface area (Å²) in [5.41, 5.74) is 5.40. The summed E-state index contributed by atoms with van der Waals surface area (Å²) in [6, 6.07) is 7.66. The summed E-state index contributed by atoms with van der Waals surface area (Å²) in [5.74, 6) is -10.9. The van der Waals surface area contributed by atoms with Crippen LogP contribution in [0.25, 0.3) is 0 Å². The zero-order valence-electron chi connectivity index (χ0n) is 51.2. The van der Waals surface area contributed by atoms with E-state index in [2.05, 4.69) is 37.2 Å². The van der Waals surface area contributed by atoms with Gasteiger partial charge in [0, 0.05) is 64.4 Å². The van der Waals surface area contributed by atoms with E-state index < -0.39 is 136 Å². The highest BCUT2D eigenvalue weighted by atomic mass is 33.1. The molecule has 0 radical (unpaired) electrons. The normalized spacial score (nSPS) is 23.3. The second-order valence-electron chi connectivity index (χ2n) is 24.1. The number of phenols is 3. The predicted octanol–water partition coefficient (Wildman–Crippen LogP) is 3.03. The number of amides is 9. The van der Waals surface area contributed by atoms with Gasteiger partial charge in [-0.25, -0.2) is 9.59 Å². The molecular formula is C64H75N9O18S2. The summed E-state index contributed by atoms with van der Waals surface area (Å²) in [7, 11) is 2.43. The van der Waals surface area contributed by atoms with Crippen LogP contribution in [0.1, 0.15) is 147 Å². The molecule has 5 aliphatic rings. The molecule has 4 aromatic carbocycles. The first-order chi connectivity index (χ1) is 44.3. The third-order valence-electron chi connectivity index (χ3n) is 17.5. The van der Waals surface area contributed by atoms with Gasteiger partial charge in [-0.1, -0.05) is 73.3 Å². The van der Waals surface area contributed by atoms with Gasteiger partial charge in [-0.3, -0.25) is 43.2 Å². The van der Waals surface area contributed by atoms with Crippen LogP contribution in [0.4, 0.5) is 0 Å². The highest BCUT2D eigenvalue weighted by molar-refractivity contribution is 8.77. The molecule has 0 bridgehead atoms. The average Bonchev–Trinajstić information content (AvgIpc) is 1.64. The molecule has 9 amide bonds. The van der Waals surface area contributed by atoms with E-state index >= 15 is 4.79 Å². The molecule has 4 aliphatic heterocycles. The Balaban J connectivity index is 0.917. The number of ether oxygens (including phenoxy) is 2. The number of carbonyl (C=O) groups is 11. The third kappa shape index (κ3) is 15.4. The lowest BCUT2D eigenvalue weighted by Crippen LogP contribution is -2.62. The number of aliphatic hydroxyl groups excluding tert-OH is 1. The number of fused-ring (bicyclic) bond motifs is 6. The summed E-state index contributed by atoms with van der Waals surface area (Å²) in [5, 5.41) is 70.5. The highest BCUT2D eigenvalue weighted by Crippen LogP contribution is 2.57. The lowest BCUT2D eigenvalue weighted by molar-refractivity contribution is -0.145. The summed E-state index contributed by atoms with van der Waals surface area (Å²) in [4.78, 5) is 155. The fourth-order valence-corrected chi connectivity index (χ4v) is 15.7. The number of esters is 1. The predicted molar refractivity (Wildman–Crippen MR) is 336 cm³/mol. The Kier molecular flexibility index (Phi) is 21.5.